The van der Waals surface area contributed by atoms with E-state index in [9.17, 15) is 4.79 Å². The average molecular weight is 352 g/mol. The quantitative estimate of drug-likeness (QED) is 0.741. The Kier molecular flexibility index (Phi) is 4.28. The maximum atomic E-state index is 13.0. The summed E-state index contributed by atoms with van der Waals surface area (Å²) in [5.74, 6) is 0.564. The molecule has 1 saturated heterocycles. The van der Waals surface area contributed by atoms with E-state index in [0.717, 1.165) is 42.7 Å². The van der Waals surface area contributed by atoms with Gasteiger partial charge in [0.25, 0.3) is 5.91 Å². The van der Waals surface area contributed by atoms with Crippen LogP contribution in [0.25, 0.3) is 10.9 Å². The topological polar surface area (TPSA) is 45.2 Å². The van der Waals surface area contributed by atoms with Crippen LogP contribution in [0.3, 0.4) is 0 Å². The van der Waals surface area contributed by atoms with Gasteiger partial charge >= 0.3 is 0 Å². The molecule has 0 atom stereocenters. The maximum Gasteiger partial charge on any atom is 0.259 e. The van der Waals surface area contributed by atoms with E-state index < -0.39 is 0 Å². The first-order valence-corrected chi connectivity index (χ1v) is 8.81. The molecule has 1 aromatic heterocycles. The molecule has 1 aliphatic rings. The highest BCUT2D eigenvalue weighted by Gasteiger charge is 2.22. The first-order chi connectivity index (χ1) is 12.2. The minimum atomic E-state index is -0.187. The number of halogens is 1. The number of amides is 1. The number of rotatable bonds is 3. The highest BCUT2D eigenvalue weighted by atomic mass is 35.5. The van der Waals surface area contributed by atoms with Crippen molar-refractivity contribution in [3.8, 4) is 0 Å². The molecule has 1 amide bonds. The van der Waals surface area contributed by atoms with Crippen molar-refractivity contribution in [3.05, 3.63) is 65.2 Å². The molecule has 1 aliphatic heterocycles. The zero-order chi connectivity index (χ0) is 17.2. The zero-order valence-corrected chi connectivity index (χ0v) is 14.5. The third-order valence-corrected chi connectivity index (χ3v) is 4.81. The molecule has 1 fully saturated rings. The summed E-state index contributed by atoms with van der Waals surface area (Å²) in [5.41, 5.74) is 2.09. The minimum Gasteiger partial charge on any atom is -0.356 e. The fourth-order valence-corrected chi connectivity index (χ4v) is 3.38. The Hall–Kier alpha value is -2.59. The molecular weight excluding hydrogens is 334 g/mol. The van der Waals surface area contributed by atoms with Gasteiger partial charge in [0.15, 0.2) is 0 Å². The van der Waals surface area contributed by atoms with Gasteiger partial charge in [0.1, 0.15) is 5.82 Å². The monoisotopic (exact) mass is 351 g/mol. The van der Waals surface area contributed by atoms with E-state index in [4.69, 9.17) is 16.6 Å². The number of hydrogen-bond donors (Lipinski definition) is 1. The molecule has 0 aliphatic carbocycles. The minimum absolute atomic E-state index is 0.187. The summed E-state index contributed by atoms with van der Waals surface area (Å²) >= 11 is 6.18. The highest BCUT2D eigenvalue weighted by Crippen LogP contribution is 2.28. The van der Waals surface area contributed by atoms with E-state index in [1.165, 1.54) is 0 Å². The van der Waals surface area contributed by atoms with Crippen molar-refractivity contribution >= 4 is 39.9 Å². The molecule has 2 heterocycles. The van der Waals surface area contributed by atoms with Gasteiger partial charge in [0.2, 0.25) is 0 Å². The smallest absolute Gasteiger partial charge is 0.259 e. The zero-order valence-electron chi connectivity index (χ0n) is 13.7. The fourth-order valence-electron chi connectivity index (χ4n) is 3.20. The molecule has 5 heteroatoms. The number of carbonyl (C=O) groups excluding carboxylic acids is 1. The lowest BCUT2D eigenvalue weighted by Crippen LogP contribution is -2.24. The van der Waals surface area contributed by atoms with E-state index in [2.05, 4.69) is 10.2 Å². The standard InChI is InChI=1S/C20H18ClN3O/c21-16-8-2-4-10-18(16)23-20(25)15-13-14-7-1-3-9-17(14)22-19(15)24-11-5-6-12-24/h1-4,7-10,13H,5-6,11-12H2,(H,23,25). The molecule has 3 aromatic rings. The van der Waals surface area contributed by atoms with Crippen LogP contribution >= 0.6 is 11.6 Å². The molecule has 0 spiro atoms. The summed E-state index contributed by atoms with van der Waals surface area (Å²) in [6.07, 6.45) is 2.25. The van der Waals surface area contributed by atoms with Gasteiger partial charge < -0.3 is 10.2 Å². The van der Waals surface area contributed by atoms with E-state index in [1.54, 1.807) is 12.1 Å². The summed E-state index contributed by atoms with van der Waals surface area (Å²) in [5, 5.41) is 4.39. The first-order valence-electron chi connectivity index (χ1n) is 8.43. The Bertz CT molecular complexity index is 935. The predicted molar refractivity (Wildman–Crippen MR) is 103 cm³/mol. The molecule has 2 aromatic carbocycles. The van der Waals surface area contributed by atoms with Crippen molar-refractivity contribution in [1.29, 1.82) is 0 Å². The van der Waals surface area contributed by atoms with E-state index in [0.29, 0.717) is 16.3 Å². The van der Waals surface area contributed by atoms with Crippen molar-refractivity contribution in [2.24, 2.45) is 0 Å². The van der Waals surface area contributed by atoms with Crippen LogP contribution in [0.2, 0.25) is 5.02 Å². The van der Waals surface area contributed by atoms with Crippen LogP contribution in [0, 0.1) is 0 Å². The largest absolute Gasteiger partial charge is 0.356 e. The summed E-state index contributed by atoms with van der Waals surface area (Å²) < 4.78 is 0. The van der Waals surface area contributed by atoms with Crippen LogP contribution in [0.15, 0.2) is 54.6 Å². The normalized spacial score (nSPS) is 14.0. The van der Waals surface area contributed by atoms with Gasteiger partial charge in [-0.05, 0) is 37.1 Å². The first kappa shape index (κ1) is 15.9. The van der Waals surface area contributed by atoms with Crippen LogP contribution in [0.4, 0.5) is 11.5 Å². The third kappa shape index (κ3) is 3.17. The molecule has 0 radical (unpaired) electrons. The second-order valence-corrected chi connectivity index (χ2v) is 6.59. The molecule has 126 valence electrons. The highest BCUT2D eigenvalue weighted by molar-refractivity contribution is 6.34. The Labute approximate surface area is 151 Å². The van der Waals surface area contributed by atoms with Crippen LogP contribution in [0.5, 0.6) is 0 Å². The van der Waals surface area contributed by atoms with Gasteiger partial charge in [-0.2, -0.15) is 0 Å². The average Bonchev–Trinajstić information content (AvgIpc) is 3.17. The van der Waals surface area contributed by atoms with E-state index in [-0.39, 0.29) is 5.91 Å². The van der Waals surface area contributed by atoms with E-state index >= 15 is 0 Å². The number of nitrogens with zero attached hydrogens (tertiary/aromatic N) is 2. The molecule has 4 rings (SSSR count). The lowest BCUT2D eigenvalue weighted by atomic mass is 10.1. The number of para-hydroxylation sites is 2. The van der Waals surface area contributed by atoms with Crippen LogP contribution in [-0.4, -0.2) is 24.0 Å². The molecule has 0 unspecified atom stereocenters. The second-order valence-electron chi connectivity index (χ2n) is 6.18. The van der Waals surface area contributed by atoms with Gasteiger partial charge in [0.05, 0.1) is 21.8 Å². The number of fused-ring (bicyclic) bond motifs is 1. The molecule has 0 saturated carbocycles. The summed E-state index contributed by atoms with van der Waals surface area (Å²) in [6, 6.07) is 17.0. The van der Waals surface area contributed by atoms with Crippen molar-refractivity contribution in [3.63, 3.8) is 0 Å². The number of anilines is 2. The van der Waals surface area contributed by atoms with Gasteiger partial charge in [-0.1, -0.05) is 41.9 Å². The van der Waals surface area contributed by atoms with Gasteiger partial charge in [0, 0.05) is 18.5 Å². The Morgan fingerprint density at radius 1 is 1.04 bits per heavy atom. The number of carbonyl (C=O) groups is 1. The number of aromatic nitrogens is 1. The van der Waals surface area contributed by atoms with Crippen molar-refractivity contribution in [1.82, 2.24) is 4.98 Å². The summed E-state index contributed by atoms with van der Waals surface area (Å²) in [4.78, 5) is 19.9. The summed E-state index contributed by atoms with van der Waals surface area (Å²) in [7, 11) is 0. The van der Waals surface area contributed by atoms with Crippen molar-refractivity contribution in [2.45, 2.75) is 12.8 Å². The Balaban J connectivity index is 1.77. The Morgan fingerprint density at radius 2 is 1.76 bits per heavy atom. The van der Waals surface area contributed by atoms with Gasteiger partial charge in [-0.3, -0.25) is 4.79 Å². The summed E-state index contributed by atoms with van der Waals surface area (Å²) in [6.45, 7) is 1.86. The van der Waals surface area contributed by atoms with Crippen molar-refractivity contribution < 1.29 is 4.79 Å². The number of pyridine rings is 1. The van der Waals surface area contributed by atoms with Crippen LogP contribution in [0.1, 0.15) is 23.2 Å². The van der Waals surface area contributed by atoms with Crippen molar-refractivity contribution in [2.75, 3.05) is 23.3 Å². The molecule has 4 nitrogen and oxygen atoms in total. The molecule has 25 heavy (non-hydrogen) atoms. The van der Waals surface area contributed by atoms with Crippen LogP contribution in [-0.2, 0) is 0 Å². The SMILES string of the molecule is O=C(Nc1ccccc1Cl)c1cc2ccccc2nc1N1CCCC1. The lowest BCUT2D eigenvalue weighted by Gasteiger charge is -2.20. The van der Waals surface area contributed by atoms with Gasteiger partial charge in [-0.15, -0.1) is 0 Å². The maximum absolute atomic E-state index is 13.0. The number of hydrogen-bond acceptors (Lipinski definition) is 3. The second kappa shape index (κ2) is 6.73. The van der Waals surface area contributed by atoms with Crippen LogP contribution < -0.4 is 10.2 Å². The van der Waals surface area contributed by atoms with E-state index in [1.807, 2.05) is 42.5 Å². The third-order valence-electron chi connectivity index (χ3n) is 4.48. The lowest BCUT2D eigenvalue weighted by molar-refractivity contribution is 0.102. The molecule has 0 bridgehead atoms. The molecular formula is C20H18ClN3O. The number of nitrogens with one attached hydrogen (secondary N) is 1. The molecule has 1 N–H and O–H groups in total. The Morgan fingerprint density at radius 3 is 2.56 bits per heavy atom. The predicted octanol–water partition coefficient (Wildman–Crippen LogP) is 4.74. The number of benzene rings is 2. The fraction of sp³-hybridized carbons (Fsp3) is 0.200. The van der Waals surface area contributed by atoms with Gasteiger partial charge in [-0.25, -0.2) is 4.98 Å².